The smallest absolute Gasteiger partial charge is 0.267 e. The van der Waals surface area contributed by atoms with Crippen molar-refractivity contribution >= 4 is 34.5 Å². The molecule has 2 bridgehead atoms. The number of nitrogens with zero attached hydrogens (tertiary/aromatic N) is 5. The van der Waals surface area contributed by atoms with Crippen LogP contribution in [0.25, 0.3) is 22.3 Å². The molecule has 3 saturated heterocycles. The van der Waals surface area contributed by atoms with Gasteiger partial charge in [0, 0.05) is 31.0 Å². The fourth-order valence-corrected chi connectivity index (χ4v) is 5.45. The number of hydrogen-bond donors (Lipinski definition) is 2. The lowest BCUT2D eigenvalue weighted by Crippen LogP contribution is -2.48. The fraction of sp³-hybridized carbons (Fsp3) is 0.542. The molecule has 0 spiro atoms. The van der Waals surface area contributed by atoms with Gasteiger partial charge in [-0.05, 0) is 26.0 Å². The van der Waals surface area contributed by atoms with E-state index in [1.165, 1.54) is 17.2 Å². The zero-order valence-electron chi connectivity index (χ0n) is 20.2. The van der Waals surface area contributed by atoms with Crippen molar-refractivity contribution in [3.8, 4) is 11.3 Å². The van der Waals surface area contributed by atoms with Crippen LogP contribution in [0, 0.1) is 5.82 Å². The van der Waals surface area contributed by atoms with Gasteiger partial charge in [0.25, 0.3) is 5.92 Å². The van der Waals surface area contributed by atoms with Crippen molar-refractivity contribution in [2.75, 3.05) is 29.9 Å². The highest BCUT2D eigenvalue weighted by molar-refractivity contribution is 6.33. The zero-order valence-corrected chi connectivity index (χ0v) is 20.9. The van der Waals surface area contributed by atoms with E-state index in [-0.39, 0.29) is 41.2 Å². The minimum absolute atomic E-state index is 0.0898. The monoisotopic (exact) mass is 538 g/mol. The Kier molecular flexibility index (Phi) is 5.98. The van der Waals surface area contributed by atoms with Gasteiger partial charge in [-0.25, -0.2) is 28.1 Å². The van der Waals surface area contributed by atoms with Gasteiger partial charge in [0.1, 0.15) is 17.7 Å². The Morgan fingerprint density at radius 2 is 2.08 bits per heavy atom. The Balaban J connectivity index is 1.37. The molecule has 37 heavy (non-hydrogen) atoms. The van der Waals surface area contributed by atoms with Crippen LogP contribution in [0.15, 0.2) is 18.3 Å². The topological polar surface area (TPSA) is 97.6 Å². The van der Waals surface area contributed by atoms with Crippen LogP contribution in [0.2, 0.25) is 5.02 Å². The minimum Gasteiger partial charge on any atom is -0.388 e. The molecule has 198 valence electrons. The van der Waals surface area contributed by atoms with Crippen molar-refractivity contribution in [3.63, 3.8) is 0 Å². The average molecular weight is 539 g/mol. The lowest BCUT2D eigenvalue weighted by molar-refractivity contribution is -0.123. The summed E-state index contributed by atoms with van der Waals surface area (Å²) in [5.41, 5.74) is 1.21. The number of fused-ring (bicyclic) bond motifs is 3. The van der Waals surface area contributed by atoms with Crippen LogP contribution >= 0.6 is 11.6 Å². The van der Waals surface area contributed by atoms with Gasteiger partial charge < -0.3 is 29.4 Å². The summed E-state index contributed by atoms with van der Waals surface area (Å²) in [5.74, 6) is -2.91. The van der Waals surface area contributed by atoms with E-state index < -0.39 is 42.8 Å². The van der Waals surface area contributed by atoms with E-state index in [1.807, 2.05) is 13.8 Å². The maximum atomic E-state index is 15.4. The van der Waals surface area contributed by atoms with Gasteiger partial charge in [0.15, 0.2) is 12.1 Å². The number of imidazole rings is 1. The Morgan fingerprint density at radius 3 is 2.81 bits per heavy atom. The van der Waals surface area contributed by atoms with Gasteiger partial charge >= 0.3 is 0 Å². The first-order chi connectivity index (χ1) is 17.6. The third kappa shape index (κ3) is 4.39. The summed E-state index contributed by atoms with van der Waals surface area (Å²) in [5, 5.41) is 13.9. The standard InChI is InChI=1S/C24H26ClF3N6O3/c1-11(2)34-16-6-12(5-14(26)20(16)32-23(34)33-4-3-24(27,28)10-33)19-13(25)8-29-22(31-19)30-15-7-18-36-9-17(37-18)21(15)35/h5-6,8,11,15,17-18,21,35H,3-4,7,9-10H2,1-2H3,(H,29,30,31)/t15-,17-,18-,21+/m1/s1. The summed E-state index contributed by atoms with van der Waals surface area (Å²) in [6.45, 7) is 3.76. The van der Waals surface area contributed by atoms with E-state index in [0.717, 1.165) is 0 Å². The average Bonchev–Trinajstić information content (AvgIpc) is 3.53. The molecule has 2 N–H and O–H groups in total. The van der Waals surface area contributed by atoms with Crippen LogP contribution in [0.3, 0.4) is 0 Å². The number of aliphatic hydroxyl groups is 1. The molecule has 4 atom stereocenters. The molecule has 2 aromatic heterocycles. The molecule has 3 aliphatic heterocycles. The van der Waals surface area contributed by atoms with E-state index in [9.17, 15) is 13.9 Å². The third-order valence-electron chi connectivity index (χ3n) is 7.04. The normalized spacial score (nSPS) is 27.0. The Labute approximate surface area is 215 Å². The predicted molar refractivity (Wildman–Crippen MR) is 131 cm³/mol. The second-order valence-corrected chi connectivity index (χ2v) is 10.4. The number of rotatable bonds is 5. The Hall–Kier alpha value is -2.67. The van der Waals surface area contributed by atoms with Crippen LogP contribution in [0.1, 0.15) is 32.7 Å². The Morgan fingerprint density at radius 1 is 1.27 bits per heavy atom. The number of benzene rings is 1. The van der Waals surface area contributed by atoms with Crippen molar-refractivity contribution in [1.29, 1.82) is 0 Å². The molecule has 0 amide bonds. The van der Waals surface area contributed by atoms with Gasteiger partial charge in [-0.1, -0.05) is 11.6 Å². The van der Waals surface area contributed by atoms with Gasteiger partial charge in [0.2, 0.25) is 11.9 Å². The summed E-state index contributed by atoms with van der Waals surface area (Å²) in [7, 11) is 0. The van der Waals surface area contributed by atoms with Crippen molar-refractivity contribution in [2.24, 2.45) is 0 Å². The fourth-order valence-electron chi connectivity index (χ4n) is 5.25. The molecule has 13 heteroatoms. The molecular formula is C24H26ClF3N6O3. The molecule has 6 rings (SSSR count). The lowest BCUT2D eigenvalue weighted by atomic mass is 10.0. The number of aromatic nitrogens is 4. The summed E-state index contributed by atoms with van der Waals surface area (Å²) >= 11 is 6.43. The molecule has 3 aliphatic rings. The SMILES string of the molecule is CC(C)n1c(N2CCC(F)(F)C2)nc2c(F)cc(-c3nc(N[C@@H]4C[C@@H]5OC[C@@H](O5)[C@H]4O)ncc3Cl)cc21. The summed E-state index contributed by atoms with van der Waals surface area (Å²) in [6.07, 6.45) is -0.111. The molecule has 3 fully saturated rings. The first-order valence-corrected chi connectivity index (χ1v) is 12.6. The maximum Gasteiger partial charge on any atom is 0.267 e. The molecule has 9 nitrogen and oxygen atoms in total. The van der Waals surface area contributed by atoms with Gasteiger partial charge in [-0.3, -0.25) is 0 Å². The highest BCUT2D eigenvalue weighted by Gasteiger charge is 2.43. The highest BCUT2D eigenvalue weighted by atomic mass is 35.5. The summed E-state index contributed by atoms with van der Waals surface area (Å²) in [6, 6.07) is 2.41. The quantitative estimate of drug-likeness (QED) is 0.503. The Bertz CT molecular complexity index is 1360. The van der Waals surface area contributed by atoms with E-state index in [4.69, 9.17) is 21.1 Å². The highest BCUT2D eigenvalue weighted by Crippen LogP contribution is 2.37. The van der Waals surface area contributed by atoms with Crippen LogP contribution < -0.4 is 10.2 Å². The number of anilines is 2. The number of hydrogen-bond acceptors (Lipinski definition) is 8. The zero-order chi connectivity index (χ0) is 26.1. The van der Waals surface area contributed by atoms with Crippen LogP contribution in [-0.4, -0.2) is 74.8 Å². The van der Waals surface area contributed by atoms with Crippen molar-refractivity contribution in [3.05, 3.63) is 29.2 Å². The van der Waals surface area contributed by atoms with Crippen molar-refractivity contribution in [2.45, 2.75) is 63.2 Å². The number of aliphatic hydroxyl groups excluding tert-OH is 1. The predicted octanol–water partition coefficient (Wildman–Crippen LogP) is 4.00. The molecule has 3 aromatic rings. The first kappa shape index (κ1) is 24.7. The van der Waals surface area contributed by atoms with E-state index >= 15 is 4.39 Å². The number of ether oxygens (including phenoxy) is 2. The van der Waals surface area contributed by atoms with Crippen LogP contribution in [0.4, 0.5) is 25.1 Å². The molecule has 0 aliphatic carbocycles. The van der Waals surface area contributed by atoms with Crippen LogP contribution in [0.5, 0.6) is 0 Å². The number of alkyl halides is 2. The minimum atomic E-state index is -2.81. The van der Waals surface area contributed by atoms with Crippen molar-refractivity contribution < 1.29 is 27.8 Å². The second-order valence-electron chi connectivity index (χ2n) is 10.0. The molecule has 1 aromatic carbocycles. The lowest BCUT2D eigenvalue weighted by Gasteiger charge is -2.32. The van der Waals surface area contributed by atoms with E-state index in [1.54, 1.807) is 10.6 Å². The maximum absolute atomic E-state index is 15.4. The van der Waals surface area contributed by atoms with E-state index in [2.05, 4.69) is 20.3 Å². The summed E-state index contributed by atoms with van der Waals surface area (Å²) in [4.78, 5) is 14.6. The first-order valence-electron chi connectivity index (χ1n) is 12.2. The molecule has 0 saturated carbocycles. The molecule has 5 heterocycles. The number of nitrogens with one attached hydrogen (secondary N) is 1. The van der Waals surface area contributed by atoms with Crippen LogP contribution in [-0.2, 0) is 9.47 Å². The van der Waals surface area contributed by atoms with Gasteiger partial charge in [-0.15, -0.1) is 0 Å². The number of halogens is 4. The van der Waals surface area contributed by atoms with Gasteiger partial charge in [0.05, 0.1) is 41.6 Å². The largest absolute Gasteiger partial charge is 0.388 e. The molecule has 0 radical (unpaired) electrons. The van der Waals surface area contributed by atoms with Crippen molar-refractivity contribution in [1.82, 2.24) is 19.5 Å². The molecule has 0 unspecified atom stereocenters. The third-order valence-corrected chi connectivity index (χ3v) is 7.32. The summed E-state index contributed by atoms with van der Waals surface area (Å²) < 4.78 is 56.0. The molecular weight excluding hydrogens is 513 g/mol. The second kappa shape index (κ2) is 8.97. The van der Waals surface area contributed by atoms with E-state index in [0.29, 0.717) is 30.1 Å². The van der Waals surface area contributed by atoms with Gasteiger partial charge in [-0.2, -0.15) is 0 Å².